The summed E-state index contributed by atoms with van der Waals surface area (Å²) in [5, 5.41) is 0. The van der Waals surface area contributed by atoms with Crippen LogP contribution in [0, 0.1) is 0 Å². The Morgan fingerprint density at radius 2 is 2.33 bits per heavy atom. The van der Waals surface area contributed by atoms with Crippen LogP contribution in [0.2, 0.25) is 0 Å². The molecule has 0 saturated carbocycles. The molecule has 1 aromatic rings. The number of carbonyl (C=O) groups is 1. The van der Waals surface area contributed by atoms with Crippen molar-refractivity contribution in [1.82, 2.24) is 0 Å². The lowest BCUT2D eigenvalue weighted by Gasteiger charge is -2.06. The first-order valence-electron chi connectivity index (χ1n) is 6.86. The Labute approximate surface area is 130 Å². The number of nitrogens with zero attached hydrogens (tertiary/aromatic N) is 1. The van der Waals surface area contributed by atoms with Crippen LogP contribution >= 0.6 is 12.4 Å². The molecule has 1 unspecified atom stereocenters. The summed E-state index contributed by atoms with van der Waals surface area (Å²) < 4.78 is 9.94. The molecule has 1 atom stereocenters. The smallest absolute Gasteiger partial charge is 0.373 e. The first kappa shape index (κ1) is 17.3. The van der Waals surface area contributed by atoms with Gasteiger partial charge in [-0.3, -0.25) is 4.99 Å². The van der Waals surface area contributed by atoms with Crippen molar-refractivity contribution in [3.63, 3.8) is 0 Å². The number of aliphatic imine (C=N–C) groups is 1. The number of ether oxygens (including phenoxy) is 1. The molecule has 0 spiro atoms. The number of amidine groups is 1. The number of carbonyl (C=O) groups excluding carboxylic acids is 1. The van der Waals surface area contributed by atoms with Crippen LogP contribution in [0.4, 0.5) is 0 Å². The second-order valence-corrected chi connectivity index (χ2v) is 4.85. The number of hydrogen-bond donors (Lipinski definition) is 1. The predicted molar refractivity (Wildman–Crippen MR) is 84.8 cm³/mol. The summed E-state index contributed by atoms with van der Waals surface area (Å²) in [6, 6.07) is 3.60. The highest BCUT2D eigenvalue weighted by atomic mass is 35.5. The Balaban J connectivity index is 0.00000220. The molecule has 116 valence electrons. The number of esters is 1. The molecular formula is C15H21ClN2O3. The van der Waals surface area contributed by atoms with E-state index in [2.05, 4.69) is 9.73 Å². The maximum Gasteiger partial charge on any atom is 0.373 e. The number of nitrogens with two attached hydrogens (primary N) is 1. The summed E-state index contributed by atoms with van der Waals surface area (Å²) in [6.45, 7) is 0. The average molecular weight is 313 g/mol. The van der Waals surface area contributed by atoms with E-state index in [1.54, 1.807) is 12.1 Å². The lowest BCUT2D eigenvalue weighted by molar-refractivity contribution is 0.0564. The number of hydrogen-bond acceptors (Lipinski definition) is 5. The van der Waals surface area contributed by atoms with Crippen molar-refractivity contribution in [2.45, 2.75) is 38.1 Å². The van der Waals surface area contributed by atoms with Crippen molar-refractivity contribution >= 4 is 30.3 Å². The molecule has 0 aliphatic carbocycles. The van der Waals surface area contributed by atoms with Crippen molar-refractivity contribution < 1.29 is 13.9 Å². The van der Waals surface area contributed by atoms with Gasteiger partial charge in [0, 0.05) is 6.42 Å². The first-order valence-corrected chi connectivity index (χ1v) is 6.86. The summed E-state index contributed by atoms with van der Waals surface area (Å²) in [5.74, 6) is 1.14. The second kappa shape index (κ2) is 8.52. The van der Waals surface area contributed by atoms with Gasteiger partial charge in [-0.05, 0) is 37.5 Å². The molecule has 1 aliphatic heterocycles. The van der Waals surface area contributed by atoms with Gasteiger partial charge < -0.3 is 14.9 Å². The third-order valence-electron chi connectivity index (χ3n) is 3.27. The highest BCUT2D eigenvalue weighted by Crippen LogP contribution is 2.17. The topological polar surface area (TPSA) is 77.8 Å². The molecule has 1 aliphatic rings. The summed E-state index contributed by atoms with van der Waals surface area (Å²) in [4.78, 5) is 15.7. The van der Waals surface area contributed by atoms with Crippen LogP contribution in [0.25, 0.3) is 6.08 Å². The number of methoxy groups -OCH3 is 1. The number of halogens is 1. The molecule has 1 aromatic heterocycles. The van der Waals surface area contributed by atoms with Gasteiger partial charge in [-0.15, -0.1) is 12.4 Å². The van der Waals surface area contributed by atoms with Gasteiger partial charge in [-0.25, -0.2) is 4.79 Å². The van der Waals surface area contributed by atoms with Crippen molar-refractivity contribution in [2.24, 2.45) is 10.7 Å². The van der Waals surface area contributed by atoms with Crippen LogP contribution in [-0.4, -0.2) is 25.0 Å². The first-order chi connectivity index (χ1) is 9.69. The zero-order chi connectivity index (χ0) is 14.4. The fourth-order valence-corrected chi connectivity index (χ4v) is 2.21. The van der Waals surface area contributed by atoms with E-state index >= 15 is 0 Å². The molecular weight excluding hydrogens is 292 g/mol. The van der Waals surface area contributed by atoms with Gasteiger partial charge in [0.15, 0.2) is 0 Å². The summed E-state index contributed by atoms with van der Waals surface area (Å²) in [7, 11) is 1.33. The minimum absolute atomic E-state index is 0. The molecule has 0 fully saturated rings. The van der Waals surface area contributed by atoms with Crippen LogP contribution < -0.4 is 5.73 Å². The zero-order valence-electron chi connectivity index (χ0n) is 12.1. The molecule has 6 heteroatoms. The van der Waals surface area contributed by atoms with Gasteiger partial charge in [0.25, 0.3) is 0 Å². The maximum atomic E-state index is 11.3. The van der Waals surface area contributed by atoms with E-state index < -0.39 is 5.97 Å². The van der Waals surface area contributed by atoms with Crippen LogP contribution in [0.1, 0.15) is 48.4 Å². The van der Waals surface area contributed by atoms with Crippen molar-refractivity contribution in [1.29, 1.82) is 0 Å². The summed E-state index contributed by atoms with van der Waals surface area (Å²) in [5.41, 5.74) is 5.82. The van der Waals surface area contributed by atoms with Gasteiger partial charge in [0.2, 0.25) is 5.76 Å². The number of furan rings is 1. The third-order valence-corrected chi connectivity index (χ3v) is 3.27. The van der Waals surface area contributed by atoms with Crippen molar-refractivity contribution in [3.05, 3.63) is 29.7 Å². The minimum atomic E-state index is -0.467. The molecule has 0 amide bonds. The maximum absolute atomic E-state index is 11.3. The lowest BCUT2D eigenvalue weighted by Crippen LogP contribution is -2.13. The summed E-state index contributed by atoms with van der Waals surface area (Å²) >= 11 is 0. The van der Waals surface area contributed by atoms with Gasteiger partial charge in [-0.2, -0.15) is 0 Å². The highest BCUT2D eigenvalue weighted by molar-refractivity contribution is 5.86. The van der Waals surface area contributed by atoms with Gasteiger partial charge >= 0.3 is 5.97 Å². The Bertz CT molecular complexity index is 523. The summed E-state index contributed by atoms with van der Waals surface area (Å²) in [6.07, 6.45) is 8.94. The Morgan fingerprint density at radius 3 is 3.10 bits per heavy atom. The standard InChI is InChI=1S/C15H20N2O3.ClH/c1-19-15(18)13-10-9-12(20-13)7-4-6-11-5-2-3-8-14(16)17-11;/h4,7,9-11H,2-3,5-6,8H2,1H3,(H2,16,17);1H. The van der Waals surface area contributed by atoms with E-state index in [1.807, 2.05) is 12.2 Å². The molecule has 2 heterocycles. The van der Waals surface area contributed by atoms with E-state index in [0.29, 0.717) is 5.76 Å². The second-order valence-electron chi connectivity index (χ2n) is 4.85. The fraction of sp³-hybridized carbons (Fsp3) is 0.467. The minimum Gasteiger partial charge on any atom is -0.463 e. The Morgan fingerprint density at radius 1 is 1.52 bits per heavy atom. The molecule has 0 radical (unpaired) electrons. The zero-order valence-corrected chi connectivity index (χ0v) is 12.9. The highest BCUT2D eigenvalue weighted by Gasteiger charge is 2.11. The normalized spacial score (nSPS) is 18.7. The number of rotatable bonds is 4. The largest absolute Gasteiger partial charge is 0.463 e. The van der Waals surface area contributed by atoms with E-state index in [1.165, 1.54) is 7.11 Å². The quantitative estimate of drug-likeness (QED) is 0.866. The molecule has 0 aromatic carbocycles. The Hall–Kier alpha value is -1.75. The molecule has 0 bridgehead atoms. The van der Waals surface area contributed by atoms with Crippen molar-refractivity contribution in [2.75, 3.05) is 7.11 Å². The van der Waals surface area contributed by atoms with E-state index in [0.717, 1.165) is 37.9 Å². The Kier molecular flexibility index (Phi) is 7.02. The molecule has 5 nitrogen and oxygen atoms in total. The predicted octanol–water partition coefficient (Wildman–Crippen LogP) is 3.19. The molecule has 2 N–H and O–H groups in total. The van der Waals surface area contributed by atoms with E-state index in [4.69, 9.17) is 10.2 Å². The van der Waals surface area contributed by atoms with Crippen molar-refractivity contribution in [3.8, 4) is 0 Å². The van der Waals surface area contributed by atoms with E-state index in [9.17, 15) is 4.79 Å². The van der Waals surface area contributed by atoms with Crippen LogP contribution in [0.5, 0.6) is 0 Å². The van der Waals surface area contributed by atoms with Crippen LogP contribution in [-0.2, 0) is 4.74 Å². The van der Waals surface area contributed by atoms with Gasteiger partial charge in [0.1, 0.15) is 5.76 Å². The van der Waals surface area contributed by atoms with E-state index in [-0.39, 0.29) is 24.2 Å². The SMILES string of the molecule is COC(=O)c1ccc(C=CCC2CCCCC(N)=N2)o1.Cl. The average Bonchev–Trinajstić information content (AvgIpc) is 2.81. The van der Waals surface area contributed by atoms with Gasteiger partial charge in [-0.1, -0.05) is 12.5 Å². The monoisotopic (exact) mass is 312 g/mol. The molecule has 0 saturated heterocycles. The molecule has 2 rings (SSSR count). The van der Waals surface area contributed by atoms with Gasteiger partial charge in [0.05, 0.1) is 19.0 Å². The molecule has 21 heavy (non-hydrogen) atoms. The lowest BCUT2D eigenvalue weighted by atomic mass is 10.1. The van der Waals surface area contributed by atoms with Crippen LogP contribution in [0.15, 0.2) is 27.6 Å². The third kappa shape index (κ3) is 5.27. The fourth-order valence-electron chi connectivity index (χ4n) is 2.21. The van der Waals surface area contributed by atoms with Crippen LogP contribution in [0.3, 0.4) is 0 Å².